The van der Waals surface area contributed by atoms with Crippen LogP contribution < -0.4 is 4.90 Å². The predicted molar refractivity (Wildman–Crippen MR) is 94.9 cm³/mol. The van der Waals surface area contributed by atoms with E-state index in [2.05, 4.69) is 58.8 Å². The van der Waals surface area contributed by atoms with Crippen LogP contribution in [0.3, 0.4) is 0 Å². The molecule has 0 saturated carbocycles. The van der Waals surface area contributed by atoms with Crippen molar-refractivity contribution in [2.75, 3.05) is 6.54 Å². The quantitative estimate of drug-likeness (QED) is 0.775. The average molecular weight is 340 g/mol. The number of aromatic nitrogens is 2. The van der Waals surface area contributed by atoms with Gasteiger partial charge >= 0.3 is 0 Å². The van der Waals surface area contributed by atoms with Crippen LogP contribution in [-0.4, -0.2) is 16.7 Å². The first kappa shape index (κ1) is 15.5. The first-order valence-corrected chi connectivity index (χ1v) is 9.51. The van der Waals surface area contributed by atoms with E-state index >= 15 is 0 Å². The number of hydrogen-bond acceptors (Lipinski definition) is 4. The zero-order chi connectivity index (χ0) is 16.4. The molecule has 0 aliphatic carbocycles. The number of rotatable bonds is 5. The normalized spacial score (nSPS) is 20.5. The van der Waals surface area contributed by atoms with E-state index in [1.807, 2.05) is 11.3 Å². The Morgan fingerprint density at radius 2 is 2.12 bits per heavy atom. The van der Waals surface area contributed by atoms with Crippen LogP contribution in [0.4, 0.5) is 0 Å². The highest BCUT2D eigenvalue weighted by Gasteiger charge is 2.32. The molecule has 2 aromatic heterocycles. The monoisotopic (exact) mass is 340 g/mol. The van der Waals surface area contributed by atoms with Crippen LogP contribution >= 0.6 is 11.3 Å². The predicted octanol–water partition coefficient (Wildman–Crippen LogP) is 3.28. The molecule has 3 heterocycles. The van der Waals surface area contributed by atoms with Crippen molar-refractivity contribution in [1.29, 1.82) is 0 Å². The van der Waals surface area contributed by atoms with Gasteiger partial charge in [-0.2, -0.15) is 4.98 Å². The molecule has 1 saturated heterocycles. The summed E-state index contributed by atoms with van der Waals surface area (Å²) >= 11 is 1.85. The van der Waals surface area contributed by atoms with Gasteiger partial charge < -0.3 is 9.42 Å². The minimum Gasteiger partial charge on any atom is -0.333 e. The van der Waals surface area contributed by atoms with E-state index in [0.29, 0.717) is 11.9 Å². The number of hydrogen-bond donors (Lipinski definition) is 1. The van der Waals surface area contributed by atoms with Gasteiger partial charge in [-0.15, -0.1) is 11.3 Å². The number of thiophene rings is 1. The van der Waals surface area contributed by atoms with E-state index in [4.69, 9.17) is 4.52 Å². The highest BCUT2D eigenvalue weighted by molar-refractivity contribution is 7.10. The summed E-state index contributed by atoms with van der Waals surface area (Å²) in [5, 5.41) is 6.34. The molecule has 1 aromatic carbocycles. The maximum Gasteiger partial charge on any atom is 0.282 e. The molecule has 1 fully saturated rings. The molecule has 0 bridgehead atoms. The Morgan fingerprint density at radius 3 is 2.88 bits per heavy atom. The lowest BCUT2D eigenvalue weighted by atomic mass is 10.1. The van der Waals surface area contributed by atoms with Gasteiger partial charge in [-0.1, -0.05) is 42.4 Å². The molecule has 0 amide bonds. The second-order valence-corrected chi connectivity index (χ2v) is 7.34. The molecule has 0 radical (unpaired) electrons. The van der Waals surface area contributed by atoms with E-state index in [1.165, 1.54) is 34.7 Å². The van der Waals surface area contributed by atoms with Gasteiger partial charge in [0.2, 0.25) is 5.82 Å². The van der Waals surface area contributed by atoms with E-state index in [0.717, 1.165) is 24.4 Å². The van der Waals surface area contributed by atoms with Gasteiger partial charge in [0, 0.05) is 18.4 Å². The second kappa shape index (κ2) is 6.87. The van der Waals surface area contributed by atoms with Crippen LogP contribution in [0.5, 0.6) is 0 Å². The van der Waals surface area contributed by atoms with Gasteiger partial charge in [0.1, 0.15) is 6.04 Å². The Balaban J connectivity index is 1.48. The molecule has 2 atom stereocenters. The smallest absolute Gasteiger partial charge is 0.282 e. The van der Waals surface area contributed by atoms with Crippen molar-refractivity contribution in [3.05, 3.63) is 58.1 Å². The van der Waals surface area contributed by atoms with Crippen LogP contribution in [0.2, 0.25) is 0 Å². The molecular weight excluding hydrogens is 318 g/mol. The maximum atomic E-state index is 5.52. The van der Waals surface area contributed by atoms with Crippen molar-refractivity contribution in [3.8, 4) is 11.4 Å². The summed E-state index contributed by atoms with van der Waals surface area (Å²) in [6, 6.07) is 13.4. The van der Waals surface area contributed by atoms with Crippen molar-refractivity contribution < 1.29 is 9.42 Å². The average Bonchev–Trinajstić information content (AvgIpc) is 3.37. The molecule has 4 nitrogen and oxygen atoms in total. The summed E-state index contributed by atoms with van der Waals surface area (Å²) < 4.78 is 5.52. The highest BCUT2D eigenvalue weighted by atomic mass is 32.1. The third kappa shape index (κ3) is 3.14. The molecule has 0 spiro atoms. The molecule has 1 N–H and O–H groups in total. The summed E-state index contributed by atoms with van der Waals surface area (Å²) in [7, 11) is 0. The van der Waals surface area contributed by atoms with E-state index in [1.54, 1.807) is 0 Å². The van der Waals surface area contributed by atoms with E-state index < -0.39 is 0 Å². The largest absolute Gasteiger partial charge is 0.333 e. The number of benzene rings is 1. The van der Waals surface area contributed by atoms with Crippen molar-refractivity contribution in [3.63, 3.8) is 0 Å². The SMILES string of the molecule is CCc1ccc(-c2noc(C[NH+]3CCC[C@H]3c3cccs3)n2)cc1. The van der Waals surface area contributed by atoms with Crippen LogP contribution in [0.25, 0.3) is 11.4 Å². The molecule has 5 heteroatoms. The van der Waals surface area contributed by atoms with E-state index in [-0.39, 0.29) is 0 Å². The number of nitrogens with zero attached hydrogens (tertiary/aromatic N) is 2. The fraction of sp³-hybridized carbons (Fsp3) is 0.368. The third-order valence-corrected chi connectivity index (χ3v) is 5.82. The number of aryl methyl sites for hydroxylation is 1. The summed E-state index contributed by atoms with van der Waals surface area (Å²) in [5.41, 5.74) is 2.34. The molecule has 124 valence electrons. The Kier molecular flexibility index (Phi) is 4.45. The lowest BCUT2D eigenvalue weighted by molar-refractivity contribution is -0.932. The minimum atomic E-state index is 0.573. The molecule has 24 heavy (non-hydrogen) atoms. The van der Waals surface area contributed by atoms with Crippen LogP contribution in [0, 0.1) is 0 Å². The van der Waals surface area contributed by atoms with Gasteiger partial charge in [-0.05, 0) is 23.4 Å². The van der Waals surface area contributed by atoms with Crippen molar-refractivity contribution in [2.24, 2.45) is 0 Å². The summed E-state index contributed by atoms with van der Waals surface area (Å²) in [6.45, 7) is 4.14. The molecule has 4 rings (SSSR count). The zero-order valence-corrected chi connectivity index (χ0v) is 14.7. The summed E-state index contributed by atoms with van der Waals surface area (Å²) in [4.78, 5) is 7.63. The van der Waals surface area contributed by atoms with Crippen LogP contribution in [-0.2, 0) is 13.0 Å². The Hall–Kier alpha value is -1.98. The Morgan fingerprint density at radius 1 is 1.25 bits per heavy atom. The van der Waals surface area contributed by atoms with E-state index in [9.17, 15) is 0 Å². The Bertz CT molecular complexity index is 779. The van der Waals surface area contributed by atoms with Crippen molar-refractivity contribution >= 4 is 11.3 Å². The lowest BCUT2D eigenvalue weighted by Gasteiger charge is -2.18. The van der Waals surface area contributed by atoms with Crippen molar-refractivity contribution in [1.82, 2.24) is 10.1 Å². The van der Waals surface area contributed by atoms with Gasteiger partial charge in [-0.25, -0.2) is 0 Å². The van der Waals surface area contributed by atoms with Gasteiger partial charge in [0.05, 0.1) is 11.4 Å². The Labute approximate surface area is 146 Å². The van der Waals surface area contributed by atoms with Gasteiger partial charge in [0.25, 0.3) is 5.89 Å². The second-order valence-electron chi connectivity index (χ2n) is 6.36. The summed E-state index contributed by atoms with van der Waals surface area (Å²) in [5.74, 6) is 1.43. The standard InChI is InChI=1S/C19H21N3OS/c1-2-14-7-9-15(10-8-14)19-20-18(23-21-19)13-22-11-3-5-16(22)17-6-4-12-24-17/h4,6-10,12,16H,2-3,5,11,13H2,1H3/p+1/t16-/m0/s1. The fourth-order valence-corrected chi connectivity index (χ4v) is 4.40. The molecule has 1 aliphatic heterocycles. The lowest BCUT2D eigenvalue weighted by Crippen LogP contribution is -3.08. The first-order valence-electron chi connectivity index (χ1n) is 8.63. The van der Waals surface area contributed by atoms with Gasteiger partial charge in [-0.3, -0.25) is 0 Å². The molecule has 1 unspecified atom stereocenters. The van der Waals surface area contributed by atoms with Crippen LogP contribution in [0.15, 0.2) is 46.3 Å². The topological polar surface area (TPSA) is 43.4 Å². The van der Waals surface area contributed by atoms with Crippen LogP contribution in [0.1, 0.15) is 42.1 Å². The number of likely N-dealkylation sites (tertiary alicyclic amines) is 1. The third-order valence-electron chi connectivity index (χ3n) is 4.84. The number of nitrogens with one attached hydrogen (secondary N) is 1. The van der Waals surface area contributed by atoms with Gasteiger partial charge in [0.15, 0.2) is 6.54 Å². The summed E-state index contributed by atoms with van der Waals surface area (Å²) in [6.07, 6.45) is 3.55. The highest BCUT2D eigenvalue weighted by Crippen LogP contribution is 2.24. The maximum absolute atomic E-state index is 5.52. The molecular formula is C19H22N3OS+. The minimum absolute atomic E-state index is 0.573. The zero-order valence-electron chi connectivity index (χ0n) is 13.9. The fourth-order valence-electron chi connectivity index (χ4n) is 3.48. The van der Waals surface area contributed by atoms with Crippen molar-refractivity contribution in [2.45, 2.75) is 38.8 Å². The number of quaternary nitrogens is 1. The first-order chi connectivity index (χ1) is 11.8. The molecule has 1 aliphatic rings. The molecule has 3 aromatic rings.